The summed E-state index contributed by atoms with van der Waals surface area (Å²) in [4.78, 5) is 0. The summed E-state index contributed by atoms with van der Waals surface area (Å²) in [5, 5.41) is 0. The van der Waals surface area contributed by atoms with E-state index < -0.39 is 11.6 Å². The van der Waals surface area contributed by atoms with Gasteiger partial charge in [-0.1, -0.05) is 24.3 Å². The third kappa shape index (κ3) is 3.44. The lowest BCUT2D eigenvalue weighted by atomic mass is 9.78. The lowest BCUT2D eigenvalue weighted by molar-refractivity contribution is 0.363. The van der Waals surface area contributed by atoms with Gasteiger partial charge in [-0.25, -0.2) is 8.78 Å². The van der Waals surface area contributed by atoms with E-state index in [0.717, 1.165) is 25.7 Å². The molecule has 1 saturated carbocycles. The first-order chi connectivity index (χ1) is 9.63. The maximum Gasteiger partial charge on any atom is 0.162 e. The molecular weight excluding hydrogens is 261 g/mol. The lowest BCUT2D eigenvalue weighted by Gasteiger charge is -2.27. The molecular formula is C17H21F3. The molecule has 0 nitrogen and oxygen atoms in total. The largest absolute Gasteiger partial charge is 0.251 e. The second-order valence-corrected chi connectivity index (χ2v) is 5.62. The Balaban J connectivity index is 1.99. The van der Waals surface area contributed by atoms with Crippen LogP contribution >= 0.6 is 0 Å². The van der Waals surface area contributed by atoms with Gasteiger partial charge in [0.25, 0.3) is 0 Å². The van der Waals surface area contributed by atoms with E-state index in [1.54, 1.807) is 19.1 Å². The molecule has 3 heteroatoms. The van der Waals surface area contributed by atoms with E-state index in [4.69, 9.17) is 0 Å². The minimum atomic E-state index is -0.715. The summed E-state index contributed by atoms with van der Waals surface area (Å²) in [5.74, 6) is -0.832. The summed E-state index contributed by atoms with van der Waals surface area (Å²) >= 11 is 0. The average molecular weight is 282 g/mol. The van der Waals surface area contributed by atoms with Gasteiger partial charge in [0.1, 0.15) is 0 Å². The van der Waals surface area contributed by atoms with Crippen LogP contribution in [0, 0.1) is 24.5 Å². The molecule has 0 amide bonds. The Kier molecular flexibility index (Phi) is 5.27. The molecule has 0 aliphatic heterocycles. The van der Waals surface area contributed by atoms with Gasteiger partial charge in [-0.3, -0.25) is 4.39 Å². The number of allylic oxidation sites excluding steroid dienone is 2. The van der Waals surface area contributed by atoms with Crippen LogP contribution in [-0.4, -0.2) is 6.67 Å². The molecule has 0 unspecified atom stereocenters. The second-order valence-electron chi connectivity index (χ2n) is 5.62. The molecule has 1 aromatic rings. The highest BCUT2D eigenvalue weighted by Gasteiger charge is 2.24. The molecule has 0 bridgehead atoms. The van der Waals surface area contributed by atoms with Crippen molar-refractivity contribution in [3.8, 4) is 0 Å². The van der Waals surface area contributed by atoms with Gasteiger partial charge in [0.05, 0.1) is 6.67 Å². The van der Waals surface area contributed by atoms with E-state index in [1.807, 2.05) is 6.08 Å². The maximum absolute atomic E-state index is 14.0. The lowest BCUT2D eigenvalue weighted by Crippen LogP contribution is -2.13. The molecule has 1 fully saturated rings. The SMILES string of the molecule is Cc1ccc(C2CCC(C=CCCF)CC2)c(F)c1F. The smallest absolute Gasteiger partial charge is 0.162 e. The van der Waals surface area contributed by atoms with Crippen molar-refractivity contribution in [3.63, 3.8) is 0 Å². The van der Waals surface area contributed by atoms with Crippen LogP contribution in [0.25, 0.3) is 0 Å². The van der Waals surface area contributed by atoms with E-state index >= 15 is 0 Å². The Hall–Kier alpha value is -1.25. The van der Waals surface area contributed by atoms with Crippen LogP contribution in [0.15, 0.2) is 24.3 Å². The van der Waals surface area contributed by atoms with Gasteiger partial charge in [0.2, 0.25) is 0 Å². The minimum Gasteiger partial charge on any atom is -0.251 e. The second kappa shape index (κ2) is 6.96. The van der Waals surface area contributed by atoms with Crippen LogP contribution in [0.5, 0.6) is 0 Å². The monoisotopic (exact) mass is 282 g/mol. The number of aryl methyl sites for hydroxylation is 1. The molecule has 0 spiro atoms. The van der Waals surface area contributed by atoms with E-state index in [-0.39, 0.29) is 12.6 Å². The Bertz CT molecular complexity index is 471. The summed E-state index contributed by atoms with van der Waals surface area (Å²) < 4.78 is 39.6. The molecule has 20 heavy (non-hydrogen) atoms. The molecule has 0 heterocycles. The van der Waals surface area contributed by atoms with Crippen LogP contribution < -0.4 is 0 Å². The first-order valence-electron chi connectivity index (χ1n) is 7.30. The van der Waals surface area contributed by atoms with Crippen LogP contribution in [0.2, 0.25) is 0 Å². The quantitative estimate of drug-likeness (QED) is 0.643. The predicted molar refractivity (Wildman–Crippen MR) is 75.5 cm³/mol. The molecule has 1 aromatic carbocycles. The van der Waals surface area contributed by atoms with E-state index in [2.05, 4.69) is 6.08 Å². The number of benzene rings is 1. The van der Waals surface area contributed by atoms with Gasteiger partial charge >= 0.3 is 0 Å². The molecule has 110 valence electrons. The zero-order valence-corrected chi connectivity index (χ0v) is 11.8. The van der Waals surface area contributed by atoms with Crippen molar-refractivity contribution in [1.82, 2.24) is 0 Å². The highest BCUT2D eigenvalue weighted by Crippen LogP contribution is 2.38. The van der Waals surface area contributed by atoms with E-state index in [9.17, 15) is 13.2 Å². The molecule has 0 saturated heterocycles. The van der Waals surface area contributed by atoms with Crippen molar-refractivity contribution < 1.29 is 13.2 Å². The number of halogens is 3. The van der Waals surface area contributed by atoms with Gasteiger partial charge < -0.3 is 0 Å². The van der Waals surface area contributed by atoms with Gasteiger partial charge in [-0.05, 0) is 62.0 Å². The number of hydrogen-bond donors (Lipinski definition) is 0. The van der Waals surface area contributed by atoms with Crippen molar-refractivity contribution in [2.24, 2.45) is 5.92 Å². The third-order valence-corrected chi connectivity index (χ3v) is 4.20. The molecule has 0 aromatic heterocycles. The maximum atomic E-state index is 14.0. The average Bonchev–Trinajstić information content (AvgIpc) is 2.46. The summed E-state index contributed by atoms with van der Waals surface area (Å²) in [7, 11) is 0. The number of alkyl halides is 1. The van der Waals surface area contributed by atoms with Crippen LogP contribution in [0.4, 0.5) is 13.2 Å². The summed E-state index contributed by atoms with van der Waals surface area (Å²) in [6.07, 6.45) is 8.08. The topological polar surface area (TPSA) is 0 Å². The molecule has 0 radical (unpaired) electrons. The highest BCUT2D eigenvalue weighted by atomic mass is 19.2. The molecule has 1 aliphatic carbocycles. The standard InChI is InChI=1S/C17H21F3/c1-12-5-10-15(17(20)16(12)19)14-8-6-13(7-9-14)4-2-3-11-18/h2,4-5,10,13-14H,3,6-9,11H2,1H3. The zero-order chi connectivity index (χ0) is 14.5. The number of rotatable bonds is 4. The fourth-order valence-corrected chi connectivity index (χ4v) is 2.95. The molecule has 2 rings (SSSR count). The summed E-state index contributed by atoms with van der Waals surface area (Å²) in [6.45, 7) is 1.26. The fourth-order valence-electron chi connectivity index (χ4n) is 2.95. The zero-order valence-electron chi connectivity index (χ0n) is 11.8. The Labute approximate surface area is 118 Å². The normalized spacial score (nSPS) is 23.4. The minimum absolute atomic E-state index is 0.107. The predicted octanol–water partition coefficient (Wildman–Crippen LogP) is 5.46. The van der Waals surface area contributed by atoms with Gasteiger partial charge in [0, 0.05) is 0 Å². The van der Waals surface area contributed by atoms with E-state index in [1.165, 1.54) is 0 Å². The summed E-state index contributed by atoms with van der Waals surface area (Å²) in [6, 6.07) is 3.37. The Morgan fingerprint density at radius 3 is 2.45 bits per heavy atom. The van der Waals surface area contributed by atoms with Gasteiger partial charge in [-0.15, -0.1) is 0 Å². The van der Waals surface area contributed by atoms with Crippen molar-refractivity contribution in [1.29, 1.82) is 0 Å². The Morgan fingerprint density at radius 2 is 1.80 bits per heavy atom. The summed E-state index contributed by atoms with van der Waals surface area (Å²) in [5.41, 5.74) is 0.869. The van der Waals surface area contributed by atoms with Gasteiger partial charge in [0.15, 0.2) is 11.6 Å². The van der Waals surface area contributed by atoms with Crippen molar-refractivity contribution >= 4 is 0 Å². The van der Waals surface area contributed by atoms with Gasteiger partial charge in [-0.2, -0.15) is 0 Å². The third-order valence-electron chi connectivity index (χ3n) is 4.20. The van der Waals surface area contributed by atoms with Crippen LogP contribution in [-0.2, 0) is 0 Å². The number of hydrogen-bond acceptors (Lipinski definition) is 0. The fraction of sp³-hybridized carbons (Fsp3) is 0.529. The van der Waals surface area contributed by atoms with Crippen molar-refractivity contribution in [2.45, 2.75) is 44.9 Å². The molecule has 0 atom stereocenters. The first kappa shape index (κ1) is 15.1. The Morgan fingerprint density at radius 1 is 1.10 bits per heavy atom. The first-order valence-corrected chi connectivity index (χ1v) is 7.30. The highest BCUT2D eigenvalue weighted by molar-refractivity contribution is 5.28. The van der Waals surface area contributed by atoms with Crippen molar-refractivity contribution in [3.05, 3.63) is 47.0 Å². The van der Waals surface area contributed by atoms with Crippen LogP contribution in [0.1, 0.15) is 49.1 Å². The van der Waals surface area contributed by atoms with Crippen LogP contribution in [0.3, 0.4) is 0 Å². The van der Waals surface area contributed by atoms with E-state index in [0.29, 0.717) is 23.5 Å². The molecule has 0 N–H and O–H groups in total. The molecule has 1 aliphatic rings. The van der Waals surface area contributed by atoms with Crippen molar-refractivity contribution in [2.75, 3.05) is 6.67 Å².